The smallest absolute Gasteiger partial charge is 0.224 e. The van der Waals surface area contributed by atoms with Crippen LogP contribution in [0.1, 0.15) is 12.8 Å². The Bertz CT molecular complexity index is 285. The first-order valence-electron chi connectivity index (χ1n) is 5.02. The van der Waals surface area contributed by atoms with Gasteiger partial charge in [-0.3, -0.25) is 9.48 Å². The number of carbonyl (C=O) groups is 1. The van der Waals surface area contributed by atoms with Crippen molar-refractivity contribution in [2.75, 3.05) is 20.1 Å². The maximum absolute atomic E-state index is 11.6. The molecule has 0 saturated carbocycles. The van der Waals surface area contributed by atoms with Gasteiger partial charge in [0, 0.05) is 26.2 Å². The standard InChI is InChI=1S/C9H17N5O/c1-13(6-2-4-10)9(15)3-7-14-8-5-11-12-14/h5,8H,2-4,6-7,10H2,1H3. The Labute approximate surface area is 89.0 Å². The fourth-order valence-electron chi connectivity index (χ4n) is 1.21. The van der Waals surface area contributed by atoms with Crippen LogP contribution in [0.2, 0.25) is 0 Å². The van der Waals surface area contributed by atoms with Crippen molar-refractivity contribution in [3.63, 3.8) is 0 Å². The molecule has 0 radical (unpaired) electrons. The highest BCUT2D eigenvalue weighted by atomic mass is 16.2. The van der Waals surface area contributed by atoms with Crippen LogP contribution in [-0.2, 0) is 11.3 Å². The van der Waals surface area contributed by atoms with Gasteiger partial charge in [0.1, 0.15) is 0 Å². The Hall–Kier alpha value is -1.43. The normalized spacial score (nSPS) is 10.3. The minimum atomic E-state index is 0.110. The molecule has 6 nitrogen and oxygen atoms in total. The summed E-state index contributed by atoms with van der Waals surface area (Å²) >= 11 is 0. The lowest BCUT2D eigenvalue weighted by Crippen LogP contribution is -2.29. The van der Waals surface area contributed by atoms with Gasteiger partial charge >= 0.3 is 0 Å². The van der Waals surface area contributed by atoms with Gasteiger partial charge in [0.15, 0.2) is 0 Å². The summed E-state index contributed by atoms with van der Waals surface area (Å²) in [6.07, 6.45) is 4.63. The maximum atomic E-state index is 11.6. The van der Waals surface area contributed by atoms with Gasteiger partial charge in [-0.25, -0.2) is 0 Å². The molecule has 0 saturated heterocycles. The molecular weight excluding hydrogens is 194 g/mol. The second-order valence-corrected chi connectivity index (χ2v) is 3.37. The molecule has 2 N–H and O–H groups in total. The first kappa shape index (κ1) is 11.6. The van der Waals surface area contributed by atoms with Gasteiger partial charge in [0.25, 0.3) is 0 Å². The first-order valence-corrected chi connectivity index (χ1v) is 5.02. The van der Waals surface area contributed by atoms with Gasteiger partial charge in [-0.15, -0.1) is 5.10 Å². The minimum absolute atomic E-state index is 0.110. The third kappa shape index (κ3) is 4.07. The van der Waals surface area contributed by atoms with Gasteiger partial charge in [-0.1, -0.05) is 5.21 Å². The van der Waals surface area contributed by atoms with E-state index in [0.29, 0.717) is 26.1 Å². The Morgan fingerprint density at radius 3 is 3.00 bits per heavy atom. The van der Waals surface area contributed by atoms with E-state index in [0.717, 1.165) is 6.42 Å². The molecule has 6 heteroatoms. The number of aromatic nitrogens is 3. The highest BCUT2D eigenvalue weighted by Crippen LogP contribution is 1.95. The zero-order valence-electron chi connectivity index (χ0n) is 8.96. The number of rotatable bonds is 6. The summed E-state index contributed by atoms with van der Waals surface area (Å²) in [6.45, 7) is 1.90. The van der Waals surface area contributed by atoms with Gasteiger partial charge in [0.05, 0.1) is 12.7 Å². The second kappa shape index (κ2) is 6.13. The second-order valence-electron chi connectivity index (χ2n) is 3.37. The molecule has 0 aliphatic heterocycles. The Morgan fingerprint density at radius 2 is 2.40 bits per heavy atom. The van der Waals surface area contributed by atoms with Gasteiger partial charge in [-0.05, 0) is 13.0 Å². The average molecular weight is 211 g/mol. The third-order valence-electron chi connectivity index (χ3n) is 2.15. The largest absolute Gasteiger partial charge is 0.346 e. The molecule has 0 aromatic carbocycles. The molecule has 1 aromatic heterocycles. The lowest BCUT2D eigenvalue weighted by atomic mass is 10.3. The summed E-state index contributed by atoms with van der Waals surface area (Å²) in [7, 11) is 1.79. The van der Waals surface area contributed by atoms with E-state index in [9.17, 15) is 4.79 Å². The highest BCUT2D eigenvalue weighted by Gasteiger charge is 2.07. The van der Waals surface area contributed by atoms with Crippen LogP contribution >= 0.6 is 0 Å². The molecule has 1 amide bonds. The molecule has 15 heavy (non-hydrogen) atoms. The predicted octanol–water partition coefficient (Wildman–Crippen LogP) is -0.525. The summed E-state index contributed by atoms with van der Waals surface area (Å²) in [4.78, 5) is 13.3. The summed E-state index contributed by atoms with van der Waals surface area (Å²) in [6, 6.07) is 0. The monoisotopic (exact) mass is 211 g/mol. The van der Waals surface area contributed by atoms with E-state index >= 15 is 0 Å². The number of hydrogen-bond acceptors (Lipinski definition) is 4. The van der Waals surface area contributed by atoms with E-state index in [-0.39, 0.29) is 5.91 Å². The van der Waals surface area contributed by atoms with Crippen LogP contribution in [0.5, 0.6) is 0 Å². The molecule has 0 bridgehead atoms. The fraction of sp³-hybridized carbons (Fsp3) is 0.667. The zero-order chi connectivity index (χ0) is 11.1. The molecule has 0 atom stereocenters. The number of aryl methyl sites for hydroxylation is 1. The first-order chi connectivity index (χ1) is 7.24. The van der Waals surface area contributed by atoms with E-state index in [1.165, 1.54) is 0 Å². The van der Waals surface area contributed by atoms with Gasteiger partial charge in [0.2, 0.25) is 5.91 Å². The Balaban J connectivity index is 2.23. The van der Waals surface area contributed by atoms with Crippen molar-refractivity contribution in [2.24, 2.45) is 5.73 Å². The van der Waals surface area contributed by atoms with Crippen molar-refractivity contribution >= 4 is 5.91 Å². The number of nitrogens with two attached hydrogens (primary N) is 1. The number of hydrogen-bond donors (Lipinski definition) is 1. The molecule has 0 aliphatic rings. The fourth-order valence-corrected chi connectivity index (χ4v) is 1.21. The maximum Gasteiger partial charge on any atom is 0.224 e. The highest BCUT2D eigenvalue weighted by molar-refractivity contribution is 5.75. The van der Waals surface area contributed by atoms with E-state index in [2.05, 4.69) is 10.3 Å². The van der Waals surface area contributed by atoms with Crippen LogP contribution < -0.4 is 5.73 Å². The van der Waals surface area contributed by atoms with Crippen molar-refractivity contribution in [2.45, 2.75) is 19.4 Å². The predicted molar refractivity (Wildman–Crippen MR) is 55.9 cm³/mol. The van der Waals surface area contributed by atoms with Crippen LogP contribution in [0.4, 0.5) is 0 Å². The SMILES string of the molecule is CN(CCCN)C(=O)CCn1ccnn1. The molecule has 0 fully saturated rings. The van der Waals surface area contributed by atoms with Crippen molar-refractivity contribution in [1.82, 2.24) is 19.9 Å². The van der Waals surface area contributed by atoms with Crippen molar-refractivity contribution in [1.29, 1.82) is 0 Å². The summed E-state index contributed by atoms with van der Waals surface area (Å²) in [5.41, 5.74) is 5.37. The Morgan fingerprint density at radius 1 is 1.60 bits per heavy atom. The van der Waals surface area contributed by atoms with Crippen LogP contribution in [0, 0.1) is 0 Å². The number of carbonyl (C=O) groups excluding carboxylic acids is 1. The number of amides is 1. The lowest BCUT2D eigenvalue weighted by Gasteiger charge is -2.16. The van der Waals surface area contributed by atoms with E-state index < -0.39 is 0 Å². The van der Waals surface area contributed by atoms with Crippen LogP contribution in [-0.4, -0.2) is 45.9 Å². The minimum Gasteiger partial charge on any atom is -0.346 e. The summed E-state index contributed by atoms with van der Waals surface area (Å²) in [5, 5.41) is 7.45. The van der Waals surface area contributed by atoms with E-state index in [1.54, 1.807) is 29.0 Å². The molecule has 0 aliphatic carbocycles. The topological polar surface area (TPSA) is 77.0 Å². The van der Waals surface area contributed by atoms with E-state index in [4.69, 9.17) is 5.73 Å². The van der Waals surface area contributed by atoms with Crippen molar-refractivity contribution in [3.05, 3.63) is 12.4 Å². The molecule has 1 rings (SSSR count). The summed E-state index contributed by atoms with van der Waals surface area (Å²) < 4.78 is 1.65. The van der Waals surface area contributed by atoms with Crippen LogP contribution in [0.25, 0.3) is 0 Å². The molecule has 1 aromatic rings. The molecule has 84 valence electrons. The zero-order valence-corrected chi connectivity index (χ0v) is 8.96. The van der Waals surface area contributed by atoms with Crippen molar-refractivity contribution in [3.8, 4) is 0 Å². The molecular formula is C9H17N5O. The molecule has 0 unspecified atom stereocenters. The van der Waals surface area contributed by atoms with E-state index in [1.807, 2.05) is 0 Å². The van der Waals surface area contributed by atoms with Crippen LogP contribution in [0.15, 0.2) is 12.4 Å². The van der Waals surface area contributed by atoms with Crippen molar-refractivity contribution < 1.29 is 4.79 Å². The molecule has 1 heterocycles. The van der Waals surface area contributed by atoms with Gasteiger partial charge < -0.3 is 10.6 Å². The quantitative estimate of drug-likeness (QED) is 0.686. The van der Waals surface area contributed by atoms with Crippen LogP contribution in [0.3, 0.4) is 0 Å². The van der Waals surface area contributed by atoms with Gasteiger partial charge in [-0.2, -0.15) is 0 Å². The Kier molecular flexibility index (Phi) is 4.76. The average Bonchev–Trinajstić information content (AvgIpc) is 2.75. The summed E-state index contributed by atoms with van der Waals surface area (Å²) in [5.74, 6) is 0.110. The third-order valence-corrected chi connectivity index (χ3v) is 2.15. The molecule has 0 spiro atoms. The lowest BCUT2D eigenvalue weighted by molar-refractivity contribution is -0.130. The number of nitrogens with zero attached hydrogens (tertiary/aromatic N) is 4.